The molecule has 0 spiro atoms. The molecule has 2 atom stereocenters. The van der Waals surface area contributed by atoms with E-state index in [1.165, 1.54) is 0 Å². The van der Waals surface area contributed by atoms with Crippen molar-refractivity contribution in [2.45, 2.75) is 94.3 Å². The van der Waals surface area contributed by atoms with Crippen molar-refractivity contribution < 1.29 is 19.8 Å². The standard InChI is InChI=1S/C40H52O4/c1-27(17-13-19-29(3)21-23-33-31(5)35(41)25-37(43)39(33,7)8)15-11-12-16-28(2)18-14-20-30(4)22-24-34-32(6)36(42)26-38(44)40(34,9)10/h11-24,37-38,43-44H,25-26H2,1-10H3/b12-11+,17-13+,18-14+,23-21+,24-22+,27-15+,28-16+,29-19+,30-20+. The second kappa shape index (κ2) is 15.9. The van der Waals surface area contributed by atoms with E-state index in [-0.39, 0.29) is 24.4 Å². The fourth-order valence-corrected chi connectivity index (χ4v) is 5.24. The highest BCUT2D eigenvalue weighted by molar-refractivity contribution is 5.98. The number of aliphatic hydroxyl groups is 2. The highest BCUT2D eigenvalue weighted by Gasteiger charge is 2.39. The summed E-state index contributed by atoms with van der Waals surface area (Å²) in [6.45, 7) is 19.7. The van der Waals surface area contributed by atoms with Crippen LogP contribution in [0.3, 0.4) is 0 Å². The number of rotatable bonds is 10. The van der Waals surface area contributed by atoms with Gasteiger partial charge in [0.2, 0.25) is 0 Å². The summed E-state index contributed by atoms with van der Waals surface area (Å²) in [4.78, 5) is 24.4. The lowest BCUT2D eigenvalue weighted by Crippen LogP contribution is -2.38. The average Bonchev–Trinajstić information content (AvgIpc) is 2.93. The van der Waals surface area contributed by atoms with Crippen molar-refractivity contribution in [3.8, 4) is 0 Å². The minimum absolute atomic E-state index is 0.0122. The summed E-state index contributed by atoms with van der Waals surface area (Å²) in [5.41, 5.74) is 6.69. The fraction of sp³-hybridized carbons (Fsp3) is 0.400. The molecule has 236 valence electrons. The Morgan fingerprint density at radius 2 is 0.864 bits per heavy atom. The highest BCUT2D eigenvalue weighted by atomic mass is 16.3. The first-order valence-corrected chi connectivity index (χ1v) is 15.4. The van der Waals surface area contributed by atoms with Crippen LogP contribution in [0.25, 0.3) is 0 Å². The second-order valence-electron chi connectivity index (χ2n) is 13.2. The molecular weight excluding hydrogens is 544 g/mol. The van der Waals surface area contributed by atoms with Gasteiger partial charge in [-0.05, 0) is 63.8 Å². The van der Waals surface area contributed by atoms with Gasteiger partial charge >= 0.3 is 0 Å². The average molecular weight is 597 g/mol. The van der Waals surface area contributed by atoms with Gasteiger partial charge in [0.25, 0.3) is 0 Å². The second-order valence-corrected chi connectivity index (χ2v) is 13.2. The summed E-state index contributed by atoms with van der Waals surface area (Å²) in [6, 6.07) is 0. The predicted octanol–water partition coefficient (Wildman–Crippen LogP) is 8.91. The number of carbonyl (C=O) groups excluding carboxylic acids is 2. The van der Waals surface area contributed by atoms with E-state index in [1.807, 2.05) is 142 Å². The quantitative estimate of drug-likeness (QED) is 0.247. The van der Waals surface area contributed by atoms with E-state index in [4.69, 9.17) is 0 Å². The van der Waals surface area contributed by atoms with Gasteiger partial charge in [0.1, 0.15) is 0 Å². The molecule has 0 aromatic rings. The largest absolute Gasteiger partial charge is 0.392 e. The van der Waals surface area contributed by atoms with Crippen molar-refractivity contribution in [2.75, 3.05) is 0 Å². The molecule has 2 aliphatic rings. The fourth-order valence-electron chi connectivity index (χ4n) is 5.24. The Morgan fingerprint density at radius 3 is 1.20 bits per heavy atom. The van der Waals surface area contributed by atoms with E-state index in [0.717, 1.165) is 44.6 Å². The first-order valence-electron chi connectivity index (χ1n) is 15.4. The van der Waals surface area contributed by atoms with Crippen molar-refractivity contribution in [2.24, 2.45) is 10.8 Å². The van der Waals surface area contributed by atoms with Crippen LogP contribution < -0.4 is 0 Å². The number of hydrogen-bond acceptors (Lipinski definition) is 4. The van der Waals surface area contributed by atoms with Crippen LogP contribution in [-0.4, -0.2) is 34.0 Å². The molecular formula is C40H52O4. The monoisotopic (exact) mass is 596 g/mol. The molecule has 0 fully saturated rings. The maximum Gasteiger partial charge on any atom is 0.161 e. The predicted molar refractivity (Wildman–Crippen MR) is 185 cm³/mol. The highest BCUT2D eigenvalue weighted by Crippen LogP contribution is 2.41. The first-order chi connectivity index (χ1) is 20.5. The number of Topliss-reactive ketones (excluding diaryl/α,β-unsaturated/α-hetero) is 2. The van der Waals surface area contributed by atoms with Crippen molar-refractivity contribution in [1.29, 1.82) is 0 Å². The molecule has 0 aromatic heterocycles. The lowest BCUT2D eigenvalue weighted by atomic mass is 9.70. The smallest absolute Gasteiger partial charge is 0.161 e. The van der Waals surface area contributed by atoms with Crippen LogP contribution in [0.1, 0.15) is 82.1 Å². The Bertz CT molecular complexity index is 1340. The summed E-state index contributed by atoms with van der Waals surface area (Å²) >= 11 is 0. The van der Waals surface area contributed by atoms with E-state index in [1.54, 1.807) is 0 Å². The molecule has 2 aliphatic carbocycles. The molecule has 0 radical (unpaired) electrons. The lowest BCUT2D eigenvalue weighted by Gasteiger charge is -2.36. The van der Waals surface area contributed by atoms with Crippen molar-refractivity contribution >= 4 is 11.6 Å². The molecule has 4 heteroatoms. The van der Waals surface area contributed by atoms with E-state index in [9.17, 15) is 19.8 Å². The maximum atomic E-state index is 12.2. The number of aliphatic hydroxyl groups excluding tert-OH is 2. The van der Waals surface area contributed by atoms with Crippen LogP contribution >= 0.6 is 0 Å². The Balaban J connectivity index is 1.96. The van der Waals surface area contributed by atoms with Crippen molar-refractivity contribution in [3.05, 3.63) is 130 Å². The summed E-state index contributed by atoms with van der Waals surface area (Å²) in [7, 11) is 0. The van der Waals surface area contributed by atoms with Gasteiger partial charge in [-0.2, -0.15) is 0 Å². The molecule has 0 aromatic carbocycles. The number of allylic oxidation sites excluding steroid dienone is 20. The van der Waals surface area contributed by atoms with Crippen LogP contribution in [-0.2, 0) is 9.59 Å². The summed E-state index contributed by atoms with van der Waals surface area (Å²) in [6.07, 6.45) is 27.2. The van der Waals surface area contributed by atoms with Gasteiger partial charge < -0.3 is 10.2 Å². The number of ketones is 2. The van der Waals surface area contributed by atoms with Crippen LogP contribution in [0.4, 0.5) is 0 Å². The molecule has 0 saturated heterocycles. The molecule has 0 aliphatic heterocycles. The summed E-state index contributed by atoms with van der Waals surface area (Å²) in [5.74, 6) is 0.0243. The minimum Gasteiger partial charge on any atom is -0.392 e. The van der Waals surface area contributed by atoms with Gasteiger partial charge in [0.15, 0.2) is 11.6 Å². The lowest BCUT2D eigenvalue weighted by molar-refractivity contribution is -0.120. The Labute approximate surface area is 265 Å². The molecule has 0 heterocycles. The van der Waals surface area contributed by atoms with Crippen LogP contribution in [0.5, 0.6) is 0 Å². The third-order valence-electron chi connectivity index (χ3n) is 8.75. The number of hydrogen-bond donors (Lipinski definition) is 2. The molecule has 2 unspecified atom stereocenters. The Kier molecular flexibility index (Phi) is 13.2. The molecule has 44 heavy (non-hydrogen) atoms. The molecule has 2 N–H and O–H groups in total. The Hall–Kier alpha value is -3.60. The Morgan fingerprint density at radius 1 is 0.568 bits per heavy atom. The zero-order chi connectivity index (χ0) is 33.2. The van der Waals surface area contributed by atoms with Crippen LogP contribution in [0.15, 0.2) is 130 Å². The van der Waals surface area contributed by atoms with Gasteiger partial charge in [0, 0.05) is 23.7 Å². The van der Waals surface area contributed by atoms with Gasteiger partial charge in [-0.1, -0.05) is 135 Å². The van der Waals surface area contributed by atoms with E-state index in [0.29, 0.717) is 0 Å². The van der Waals surface area contributed by atoms with Crippen molar-refractivity contribution in [3.63, 3.8) is 0 Å². The first kappa shape index (κ1) is 36.6. The minimum atomic E-state index is -0.667. The maximum absolute atomic E-state index is 12.2. The third-order valence-corrected chi connectivity index (χ3v) is 8.75. The molecule has 0 bridgehead atoms. The SMILES string of the molecule is CC1=C(/C=C/C(C)=C/C=C/C(C)=C/C=C/C=C(C)/C=C/C=C(C)/C=C/C2=C(C)C(=O)CC(O)C2(C)C)C(C)(C)C(O)CC1=O. The third kappa shape index (κ3) is 9.97. The van der Waals surface area contributed by atoms with Crippen LogP contribution in [0, 0.1) is 10.8 Å². The van der Waals surface area contributed by atoms with Gasteiger partial charge in [0.05, 0.1) is 12.2 Å². The zero-order valence-electron chi connectivity index (χ0n) is 28.4. The van der Waals surface area contributed by atoms with Gasteiger partial charge in [-0.3, -0.25) is 9.59 Å². The van der Waals surface area contributed by atoms with Crippen molar-refractivity contribution in [1.82, 2.24) is 0 Å². The van der Waals surface area contributed by atoms with Gasteiger partial charge in [-0.25, -0.2) is 0 Å². The van der Waals surface area contributed by atoms with E-state index < -0.39 is 23.0 Å². The molecule has 2 rings (SSSR count). The normalized spacial score (nSPS) is 24.5. The van der Waals surface area contributed by atoms with Crippen LogP contribution in [0.2, 0.25) is 0 Å². The molecule has 4 nitrogen and oxygen atoms in total. The topological polar surface area (TPSA) is 74.6 Å². The zero-order valence-corrected chi connectivity index (χ0v) is 28.4. The van der Waals surface area contributed by atoms with Gasteiger partial charge in [-0.15, -0.1) is 0 Å². The number of carbonyl (C=O) groups is 2. The molecule has 0 saturated carbocycles. The molecule has 0 amide bonds. The summed E-state index contributed by atoms with van der Waals surface area (Å²) < 4.78 is 0. The summed E-state index contributed by atoms with van der Waals surface area (Å²) in [5, 5.41) is 20.8. The van der Waals surface area contributed by atoms with E-state index in [2.05, 4.69) is 12.2 Å². The van der Waals surface area contributed by atoms with E-state index >= 15 is 0 Å².